The van der Waals surface area contributed by atoms with Gasteiger partial charge in [0, 0.05) is 12.1 Å². The van der Waals surface area contributed by atoms with E-state index in [1.807, 2.05) is 0 Å². The van der Waals surface area contributed by atoms with Crippen LogP contribution in [0.5, 0.6) is 11.5 Å². The van der Waals surface area contributed by atoms with Gasteiger partial charge in [-0.2, -0.15) is 0 Å². The number of rotatable bonds is 4. The van der Waals surface area contributed by atoms with E-state index in [9.17, 15) is 4.79 Å². The molecule has 7 heteroatoms. The summed E-state index contributed by atoms with van der Waals surface area (Å²) in [6.45, 7) is 3.37. The fourth-order valence-corrected chi connectivity index (χ4v) is 2.18. The van der Waals surface area contributed by atoms with Gasteiger partial charge in [0.25, 0.3) is 5.91 Å². The lowest BCUT2D eigenvalue weighted by atomic mass is 10.2. The van der Waals surface area contributed by atoms with Crippen LogP contribution in [0.25, 0.3) is 0 Å². The minimum atomic E-state index is -0.339. The molecule has 0 saturated heterocycles. The molecule has 0 saturated carbocycles. The maximum absolute atomic E-state index is 12.3. The third kappa shape index (κ3) is 2.95. The van der Waals surface area contributed by atoms with Crippen LogP contribution in [0.15, 0.2) is 16.7 Å². The Balaban J connectivity index is 2.37. The van der Waals surface area contributed by atoms with Crippen molar-refractivity contribution >= 4 is 23.2 Å². The molecule has 6 nitrogen and oxygen atoms in total. The Morgan fingerprint density at radius 1 is 1.24 bits per heavy atom. The van der Waals surface area contributed by atoms with E-state index in [4.69, 9.17) is 25.6 Å². The topological polar surface area (TPSA) is 73.6 Å². The summed E-state index contributed by atoms with van der Waals surface area (Å²) in [6, 6.07) is 3.17. The highest BCUT2D eigenvalue weighted by atomic mass is 35.5. The first kappa shape index (κ1) is 15.2. The Hall–Kier alpha value is -2.21. The lowest BCUT2D eigenvalue weighted by Crippen LogP contribution is -2.14. The van der Waals surface area contributed by atoms with Crippen LogP contribution in [0, 0.1) is 13.8 Å². The van der Waals surface area contributed by atoms with Crippen molar-refractivity contribution < 1.29 is 18.8 Å². The molecule has 1 aromatic heterocycles. The number of ether oxygens (including phenoxy) is 2. The number of nitrogens with zero attached hydrogens (tertiary/aromatic N) is 1. The molecule has 0 radical (unpaired) electrons. The second-order valence-corrected chi connectivity index (χ2v) is 4.75. The highest BCUT2D eigenvalue weighted by Crippen LogP contribution is 2.36. The first-order valence-electron chi connectivity index (χ1n) is 6.13. The number of hydrogen-bond donors (Lipinski definition) is 1. The molecular formula is C14H15ClN2O4. The molecule has 0 unspecified atom stereocenters. The van der Waals surface area contributed by atoms with Crippen molar-refractivity contribution in [3.8, 4) is 11.5 Å². The molecule has 1 N–H and O–H groups in total. The molecule has 0 aliphatic rings. The molecular weight excluding hydrogens is 296 g/mol. The van der Waals surface area contributed by atoms with Gasteiger partial charge in [0.1, 0.15) is 22.8 Å². The van der Waals surface area contributed by atoms with Crippen LogP contribution in [0.3, 0.4) is 0 Å². The van der Waals surface area contributed by atoms with Crippen LogP contribution in [0.2, 0.25) is 5.02 Å². The zero-order valence-electron chi connectivity index (χ0n) is 12.1. The molecule has 0 aliphatic carbocycles. The zero-order valence-corrected chi connectivity index (χ0v) is 12.9. The lowest BCUT2D eigenvalue weighted by molar-refractivity contribution is 0.102. The average molecular weight is 311 g/mol. The highest BCUT2D eigenvalue weighted by molar-refractivity contribution is 6.32. The molecule has 0 spiro atoms. The molecule has 2 aromatic rings. The smallest absolute Gasteiger partial charge is 0.261 e. The summed E-state index contributed by atoms with van der Waals surface area (Å²) in [5.74, 6) is 0.978. The van der Waals surface area contributed by atoms with Crippen LogP contribution in [0.4, 0.5) is 5.69 Å². The van der Waals surface area contributed by atoms with Crippen molar-refractivity contribution in [3.05, 3.63) is 34.2 Å². The normalized spacial score (nSPS) is 10.3. The summed E-state index contributed by atoms with van der Waals surface area (Å²) in [7, 11) is 2.98. The van der Waals surface area contributed by atoms with Gasteiger partial charge in [-0.1, -0.05) is 16.8 Å². The number of anilines is 1. The van der Waals surface area contributed by atoms with Gasteiger partial charge >= 0.3 is 0 Å². The Morgan fingerprint density at radius 2 is 1.90 bits per heavy atom. The van der Waals surface area contributed by atoms with Gasteiger partial charge in [0.2, 0.25) is 0 Å². The number of halogens is 1. The average Bonchev–Trinajstić information content (AvgIpc) is 2.79. The Kier molecular flexibility index (Phi) is 4.37. The minimum absolute atomic E-state index is 0.339. The summed E-state index contributed by atoms with van der Waals surface area (Å²) < 4.78 is 15.3. The number of carbonyl (C=O) groups excluding carboxylic acids is 1. The van der Waals surface area contributed by atoms with Crippen molar-refractivity contribution in [1.29, 1.82) is 0 Å². The van der Waals surface area contributed by atoms with Crippen molar-refractivity contribution in [2.24, 2.45) is 0 Å². The van der Waals surface area contributed by atoms with Crippen LogP contribution < -0.4 is 14.8 Å². The number of carbonyl (C=O) groups is 1. The first-order valence-corrected chi connectivity index (χ1v) is 6.51. The van der Waals surface area contributed by atoms with E-state index in [1.54, 1.807) is 26.0 Å². The van der Waals surface area contributed by atoms with Gasteiger partial charge in [-0.15, -0.1) is 0 Å². The molecule has 21 heavy (non-hydrogen) atoms. The number of nitrogens with one attached hydrogen (secondary N) is 1. The summed E-state index contributed by atoms with van der Waals surface area (Å²) in [5, 5.41) is 6.89. The fourth-order valence-electron chi connectivity index (χ4n) is 1.95. The Labute approximate surface area is 127 Å². The van der Waals surface area contributed by atoms with Gasteiger partial charge in [0.05, 0.1) is 30.6 Å². The lowest BCUT2D eigenvalue weighted by Gasteiger charge is -2.13. The third-order valence-corrected chi connectivity index (χ3v) is 3.28. The molecule has 1 amide bonds. The van der Waals surface area contributed by atoms with Gasteiger partial charge in [-0.3, -0.25) is 4.79 Å². The van der Waals surface area contributed by atoms with Crippen LogP contribution >= 0.6 is 11.6 Å². The number of aromatic nitrogens is 1. The third-order valence-electron chi connectivity index (χ3n) is 2.98. The van der Waals surface area contributed by atoms with Crippen molar-refractivity contribution in [2.45, 2.75) is 13.8 Å². The predicted octanol–water partition coefficient (Wildman–Crippen LogP) is 3.21. The summed E-state index contributed by atoms with van der Waals surface area (Å²) in [5.41, 5.74) is 1.36. The van der Waals surface area contributed by atoms with Gasteiger partial charge in [0.15, 0.2) is 0 Å². The molecule has 0 atom stereocenters. The van der Waals surface area contributed by atoms with Crippen LogP contribution in [-0.2, 0) is 0 Å². The van der Waals surface area contributed by atoms with Crippen molar-refractivity contribution in [1.82, 2.24) is 5.16 Å². The monoisotopic (exact) mass is 310 g/mol. The van der Waals surface area contributed by atoms with Crippen molar-refractivity contribution in [3.63, 3.8) is 0 Å². The highest BCUT2D eigenvalue weighted by Gasteiger charge is 2.20. The molecule has 112 valence electrons. The SMILES string of the molecule is COc1cc(NC(=O)c2c(C)noc2C)c(OC)cc1Cl. The number of aryl methyl sites for hydroxylation is 2. The van der Waals surface area contributed by atoms with E-state index in [2.05, 4.69) is 10.5 Å². The van der Waals surface area contributed by atoms with Gasteiger partial charge in [-0.05, 0) is 13.8 Å². The van der Waals surface area contributed by atoms with E-state index in [1.165, 1.54) is 14.2 Å². The summed E-state index contributed by atoms with van der Waals surface area (Å²) in [6.07, 6.45) is 0. The Bertz CT molecular complexity index is 662. The number of methoxy groups -OCH3 is 2. The van der Waals surface area contributed by atoms with Crippen LogP contribution in [-0.4, -0.2) is 25.3 Å². The summed E-state index contributed by atoms with van der Waals surface area (Å²) in [4.78, 5) is 12.3. The molecule has 1 aromatic carbocycles. The van der Waals surface area contributed by atoms with E-state index in [0.29, 0.717) is 39.2 Å². The van der Waals surface area contributed by atoms with Gasteiger partial charge in [-0.25, -0.2) is 0 Å². The molecule has 1 heterocycles. The minimum Gasteiger partial charge on any atom is -0.495 e. The maximum Gasteiger partial charge on any atom is 0.261 e. The number of amides is 1. The quantitative estimate of drug-likeness (QED) is 0.938. The maximum atomic E-state index is 12.3. The number of hydrogen-bond acceptors (Lipinski definition) is 5. The Morgan fingerprint density at radius 3 is 2.43 bits per heavy atom. The standard InChI is InChI=1S/C14H15ClN2O4/c1-7-13(8(2)21-17-7)14(18)16-10-6-11(19-3)9(15)5-12(10)20-4/h5-6H,1-4H3,(H,16,18). The second kappa shape index (κ2) is 6.05. The summed E-state index contributed by atoms with van der Waals surface area (Å²) >= 11 is 6.02. The molecule has 2 rings (SSSR count). The molecule has 0 bridgehead atoms. The van der Waals surface area contributed by atoms with E-state index in [-0.39, 0.29) is 5.91 Å². The predicted molar refractivity (Wildman–Crippen MR) is 78.5 cm³/mol. The fraction of sp³-hybridized carbons (Fsp3) is 0.286. The molecule has 0 fully saturated rings. The van der Waals surface area contributed by atoms with Gasteiger partial charge < -0.3 is 19.3 Å². The van der Waals surface area contributed by atoms with Crippen molar-refractivity contribution in [2.75, 3.05) is 19.5 Å². The first-order chi connectivity index (χ1) is 9.97. The van der Waals surface area contributed by atoms with E-state index in [0.717, 1.165) is 0 Å². The second-order valence-electron chi connectivity index (χ2n) is 4.34. The van der Waals surface area contributed by atoms with Crippen LogP contribution in [0.1, 0.15) is 21.8 Å². The van der Waals surface area contributed by atoms with E-state index < -0.39 is 0 Å². The zero-order chi connectivity index (χ0) is 15.6. The largest absolute Gasteiger partial charge is 0.495 e. The van der Waals surface area contributed by atoms with E-state index >= 15 is 0 Å². The number of benzene rings is 1. The molecule has 0 aliphatic heterocycles.